The zero-order chi connectivity index (χ0) is 14.8. The van der Waals surface area contributed by atoms with Crippen molar-refractivity contribution in [2.45, 2.75) is 11.3 Å². The largest absolute Gasteiger partial charge is 0.354 e. The molecule has 0 radical (unpaired) electrons. The molecule has 7 nitrogen and oxygen atoms in total. The second kappa shape index (κ2) is 7.26. The lowest BCUT2D eigenvalue weighted by molar-refractivity contribution is 0.0955. The van der Waals surface area contributed by atoms with Gasteiger partial charge in [0, 0.05) is 39.9 Å². The van der Waals surface area contributed by atoms with E-state index >= 15 is 0 Å². The van der Waals surface area contributed by atoms with Crippen molar-refractivity contribution in [1.29, 1.82) is 0 Å². The van der Waals surface area contributed by atoms with Crippen molar-refractivity contribution < 1.29 is 13.2 Å². The highest BCUT2D eigenvalue weighted by Gasteiger charge is 2.27. The Labute approximate surface area is 131 Å². The monoisotopic (exact) mass is 336 g/mol. The molecule has 21 heavy (non-hydrogen) atoms. The molecule has 1 aliphatic rings. The second-order valence-electron chi connectivity index (χ2n) is 4.76. The van der Waals surface area contributed by atoms with Gasteiger partial charge in [0.1, 0.15) is 10.6 Å². The van der Waals surface area contributed by atoms with Crippen molar-refractivity contribution >= 4 is 28.3 Å². The zero-order valence-electron chi connectivity index (χ0n) is 12.1. The Bertz CT molecular complexity index is 592. The fraction of sp³-hybridized carbons (Fsp3) is 0.583. The average Bonchev–Trinajstić information content (AvgIpc) is 2.66. The summed E-state index contributed by atoms with van der Waals surface area (Å²) in [6, 6.07) is 1.42. The lowest BCUT2D eigenvalue weighted by atomic mass is 10.4. The highest BCUT2D eigenvalue weighted by atomic mass is 35.5. The number of aromatic nitrogens is 1. The van der Waals surface area contributed by atoms with E-state index in [2.05, 4.69) is 10.6 Å². The molecular weight excluding hydrogens is 316 g/mol. The number of nitrogens with zero attached hydrogens (tertiary/aromatic N) is 2. The topological polar surface area (TPSA) is 83.4 Å². The van der Waals surface area contributed by atoms with Crippen LogP contribution in [0.1, 0.15) is 16.9 Å². The van der Waals surface area contributed by atoms with Gasteiger partial charge in [0.25, 0.3) is 5.91 Å². The van der Waals surface area contributed by atoms with Gasteiger partial charge in [-0.05, 0) is 19.0 Å². The van der Waals surface area contributed by atoms with Crippen molar-refractivity contribution in [3.63, 3.8) is 0 Å². The smallest absolute Gasteiger partial charge is 0.267 e. The molecule has 1 aromatic rings. The number of hydrogen-bond acceptors (Lipinski definition) is 4. The Morgan fingerprint density at radius 2 is 2.05 bits per heavy atom. The predicted octanol–water partition coefficient (Wildman–Crippen LogP) is -0.209. The summed E-state index contributed by atoms with van der Waals surface area (Å²) in [7, 11) is -0.358. The summed E-state index contributed by atoms with van der Waals surface area (Å²) in [5.74, 6) is -0.300. The molecule has 0 saturated carbocycles. The molecule has 0 spiro atoms. The Morgan fingerprint density at radius 3 is 2.71 bits per heavy atom. The van der Waals surface area contributed by atoms with Crippen LogP contribution in [0.5, 0.6) is 0 Å². The van der Waals surface area contributed by atoms with Crippen molar-refractivity contribution in [3.8, 4) is 0 Å². The number of aryl methyl sites for hydroxylation is 1. The Hall–Kier alpha value is -1.09. The van der Waals surface area contributed by atoms with Crippen molar-refractivity contribution in [1.82, 2.24) is 19.5 Å². The van der Waals surface area contributed by atoms with Crippen LogP contribution in [0.25, 0.3) is 0 Å². The van der Waals surface area contributed by atoms with Crippen LogP contribution in [-0.2, 0) is 17.1 Å². The molecule has 0 aliphatic carbocycles. The van der Waals surface area contributed by atoms with Gasteiger partial charge in [-0.1, -0.05) is 0 Å². The van der Waals surface area contributed by atoms with Crippen LogP contribution in [0.15, 0.2) is 17.2 Å². The summed E-state index contributed by atoms with van der Waals surface area (Å²) >= 11 is 0. The minimum Gasteiger partial charge on any atom is -0.354 e. The van der Waals surface area contributed by atoms with E-state index in [1.807, 2.05) is 0 Å². The first-order valence-corrected chi connectivity index (χ1v) is 8.00. The quantitative estimate of drug-likeness (QED) is 0.800. The maximum absolute atomic E-state index is 12.6. The number of rotatable bonds is 3. The van der Waals surface area contributed by atoms with Crippen LogP contribution in [0.2, 0.25) is 0 Å². The van der Waals surface area contributed by atoms with Gasteiger partial charge in [-0.15, -0.1) is 12.4 Å². The molecule has 0 atom stereocenters. The van der Waals surface area contributed by atoms with E-state index in [-0.39, 0.29) is 23.2 Å². The number of amides is 1. The van der Waals surface area contributed by atoms with E-state index < -0.39 is 10.0 Å². The molecule has 1 saturated heterocycles. The standard InChI is InChI=1S/C12H20N4O3S.ClH/c1-13-12(17)11-8-10(9-15(11)2)20(18,19)16-6-3-4-14-5-7-16;/h8-9,14H,3-7H2,1-2H3,(H,13,17);1H. The molecule has 1 amide bonds. The fourth-order valence-electron chi connectivity index (χ4n) is 2.24. The van der Waals surface area contributed by atoms with Crippen molar-refractivity contribution in [2.75, 3.05) is 33.2 Å². The van der Waals surface area contributed by atoms with Crippen molar-refractivity contribution in [3.05, 3.63) is 18.0 Å². The van der Waals surface area contributed by atoms with Gasteiger partial charge in [-0.3, -0.25) is 4.79 Å². The number of carbonyl (C=O) groups is 1. The SMILES string of the molecule is CNC(=O)c1cc(S(=O)(=O)N2CCCNCC2)cn1C.Cl. The first kappa shape index (κ1) is 18.0. The Morgan fingerprint density at radius 1 is 1.33 bits per heavy atom. The molecule has 0 bridgehead atoms. The molecule has 0 unspecified atom stereocenters. The van der Waals surface area contributed by atoms with Gasteiger partial charge < -0.3 is 15.2 Å². The third-order valence-corrected chi connectivity index (χ3v) is 5.24. The molecule has 9 heteroatoms. The third kappa shape index (κ3) is 3.76. The second-order valence-corrected chi connectivity index (χ2v) is 6.70. The maximum Gasteiger partial charge on any atom is 0.267 e. The van der Waals surface area contributed by atoms with Crippen LogP contribution < -0.4 is 10.6 Å². The Kier molecular flexibility index (Phi) is 6.21. The van der Waals surface area contributed by atoms with Crippen LogP contribution >= 0.6 is 12.4 Å². The lowest BCUT2D eigenvalue weighted by Gasteiger charge is -2.18. The van der Waals surface area contributed by atoms with Gasteiger partial charge in [-0.25, -0.2) is 8.42 Å². The van der Waals surface area contributed by atoms with Crippen molar-refractivity contribution in [2.24, 2.45) is 7.05 Å². The lowest BCUT2D eigenvalue weighted by Crippen LogP contribution is -2.34. The van der Waals surface area contributed by atoms with Crippen LogP contribution in [0.3, 0.4) is 0 Å². The highest BCUT2D eigenvalue weighted by molar-refractivity contribution is 7.89. The molecule has 2 heterocycles. The van der Waals surface area contributed by atoms with Gasteiger partial charge in [0.05, 0.1) is 0 Å². The summed E-state index contributed by atoms with van der Waals surface area (Å²) in [6.07, 6.45) is 2.27. The number of nitrogens with one attached hydrogen (secondary N) is 2. The normalized spacial score (nSPS) is 16.9. The van der Waals surface area contributed by atoms with E-state index in [4.69, 9.17) is 0 Å². The molecule has 2 N–H and O–H groups in total. The molecule has 1 aromatic heterocycles. The summed E-state index contributed by atoms with van der Waals surface area (Å²) in [5, 5.41) is 5.67. The van der Waals surface area contributed by atoms with Crippen LogP contribution in [0, 0.1) is 0 Å². The number of halogens is 1. The molecule has 1 fully saturated rings. The van der Waals surface area contributed by atoms with Gasteiger partial charge in [-0.2, -0.15) is 4.31 Å². The predicted molar refractivity (Wildman–Crippen MR) is 82.3 cm³/mol. The van der Waals surface area contributed by atoms with E-state index in [1.165, 1.54) is 28.2 Å². The summed E-state index contributed by atoms with van der Waals surface area (Å²) in [4.78, 5) is 11.8. The zero-order valence-corrected chi connectivity index (χ0v) is 13.8. The van der Waals surface area contributed by atoms with E-state index in [0.717, 1.165) is 13.0 Å². The molecule has 2 rings (SSSR count). The minimum absolute atomic E-state index is 0. The maximum atomic E-state index is 12.6. The Balaban J connectivity index is 0.00000220. The summed E-state index contributed by atoms with van der Waals surface area (Å²) in [5.41, 5.74) is 0.332. The summed E-state index contributed by atoms with van der Waals surface area (Å²) in [6.45, 7) is 2.42. The van der Waals surface area contributed by atoms with E-state index in [1.54, 1.807) is 7.05 Å². The van der Waals surface area contributed by atoms with E-state index in [9.17, 15) is 13.2 Å². The van der Waals surface area contributed by atoms with Gasteiger partial charge >= 0.3 is 0 Å². The average molecular weight is 337 g/mol. The van der Waals surface area contributed by atoms with Gasteiger partial charge in [0.2, 0.25) is 10.0 Å². The molecule has 0 aromatic carbocycles. The molecule has 1 aliphatic heterocycles. The first-order chi connectivity index (χ1) is 9.46. The highest BCUT2D eigenvalue weighted by Crippen LogP contribution is 2.19. The molecule has 120 valence electrons. The van der Waals surface area contributed by atoms with Gasteiger partial charge in [0.15, 0.2) is 0 Å². The number of sulfonamides is 1. The third-order valence-electron chi connectivity index (χ3n) is 3.38. The molecular formula is C12H21ClN4O3S. The fourth-order valence-corrected chi connectivity index (χ4v) is 3.79. The van der Waals surface area contributed by atoms with E-state index in [0.29, 0.717) is 25.3 Å². The number of hydrogen-bond donors (Lipinski definition) is 2. The minimum atomic E-state index is -3.54. The number of carbonyl (C=O) groups excluding carboxylic acids is 1. The summed E-state index contributed by atoms with van der Waals surface area (Å²) < 4.78 is 28.1. The van der Waals surface area contributed by atoms with Crippen LogP contribution in [-0.4, -0.2) is 56.4 Å². The van der Waals surface area contributed by atoms with Crippen LogP contribution in [0.4, 0.5) is 0 Å². The first-order valence-electron chi connectivity index (χ1n) is 6.56.